The Morgan fingerprint density at radius 2 is 1.75 bits per heavy atom. The molecule has 0 atom stereocenters. The first-order valence-corrected chi connectivity index (χ1v) is 9.35. The number of benzene rings is 3. The second kappa shape index (κ2) is 7.45. The van der Waals surface area contributed by atoms with Gasteiger partial charge >= 0.3 is 5.97 Å². The van der Waals surface area contributed by atoms with Crippen LogP contribution in [0.15, 0.2) is 73.1 Å². The number of carboxylic acids is 1. The Balaban J connectivity index is 1.99. The number of hydrogen-bond donors (Lipinski definition) is 1. The average molecular weight is 388 g/mol. The lowest BCUT2D eigenvalue weighted by atomic mass is 9.87. The van der Waals surface area contributed by atoms with Crippen molar-refractivity contribution in [2.24, 2.45) is 0 Å². The topological polar surface area (TPSA) is 50.2 Å². The molecule has 0 aliphatic rings. The molecule has 0 aliphatic carbocycles. The molecule has 0 amide bonds. The van der Waals surface area contributed by atoms with Crippen LogP contribution in [0.1, 0.15) is 11.1 Å². The largest absolute Gasteiger partial charge is 0.481 e. The number of halogens is 1. The van der Waals surface area contributed by atoms with Gasteiger partial charge in [-0.05, 0) is 69.8 Å². The predicted molar refractivity (Wildman–Crippen MR) is 114 cm³/mol. The van der Waals surface area contributed by atoms with Gasteiger partial charge in [-0.15, -0.1) is 0 Å². The third kappa shape index (κ3) is 3.49. The third-order valence-electron chi connectivity index (χ3n) is 4.93. The highest BCUT2D eigenvalue weighted by Crippen LogP contribution is 2.37. The fourth-order valence-corrected chi connectivity index (χ4v) is 3.75. The minimum Gasteiger partial charge on any atom is -0.481 e. The number of carbonyl (C=O) groups is 1. The Labute approximate surface area is 168 Å². The molecule has 0 radical (unpaired) electrons. The first-order valence-electron chi connectivity index (χ1n) is 8.97. The van der Waals surface area contributed by atoms with E-state index in [2.05, 4.69) is 29.2 Å². The monoisotopic (exact) mass is 387 g/mol. The van der Waals surface area contributed by atoms with Crippen molar-refractivity contribution >= 4 is 28.3 Å². The Morgan fingerprint density at radius 3 is 2.43 bits per heavy atom. The Hall–Kier alpha value is -3.17. The molecular weight excluding hydrogens is 370 g/mol. The highest BCUT2D eigenvalue weighted by Gasteiger charge is 2.16. The highest BCUT2D eigenvalue weighted by atomic mass is 35.5. The van der Waals surface area contributed by atoms with Crippen molar-refractivity contribution in [2.75, 3.05) is 0 Å². The number of aromatic nitrogens is 1. The summed E-state index contributed by atoms with van der Waals surface area (Å²) in [6.07, 6.45) is 3.57. The van der Waals surface area contributed by atoms with E-state index < -0.39 is 5.97 Å². The molecule has 1 heterocycles. The molecule has 0 saturated heterocycles. The standard InChI is InChI=1S/C24H18ClNO2/c1-15-11-19-12-17(18-3-2-10-26-14-18)6-9-21(19)24(22(15)13-23(27)28)16-4-7-20(25)8-5-16/h2-12,14H,13H2,1H3,(H,27,28). The van der Waals surface area contributed by atoms with Crippen molar-refractivity contribution in [2.45, 2.75) is 13.3 Å². The number of pyridine rings is 1. The van der Waals surface area contributed by atoms with Gasteiger partial charge in [-0.25, -0.2) is 0 Å². The molecule has 3 aromatic carbocycles. The summed E-state index contributed by atoms with van der Waals surface area (Å²) in [5.74, 6) is -0.843. The number of nitrogens with zero attached hydrogens (tertiary/aromatic N) is 1. The van der Waals surface area contributed by atoms with E-state index in [1.165, 1.54) is 0 Å². The minimum atomic E-state index is -0.843. The van der Waals surface area contributed by atoms with Crippen LogP contribution in [0.4, 0.5) is 0 Å². The van der Waals surface area contributed by atoms with Crippen LogP contribution in [0.5, 0.6) is 0 Å². The molecule has 4 rings (SSSR count). The summed E-state index contributed by atoms with van der Waals surface area (Å²) >= 11 is 6.06. The number of aliphatic carboxylic acids is 1. The molecule has 0 unspecified atom stereocenters. The quantitative estimate of drug-likeness (QED) is 0.456. The Morgan fingerprint density at radius 1 is 1.00 bits per heavy atom. The maximum Gasteiger partial charge on any atom is 0.307 e. The van der Waals surface area contributed by atoms with Crippen molar-refractivity contribution < 1.29 is 9.90 Å². The van der Waals surface area contributed by atoms with E-state index in [9.17, 15) is 9.90 Å². The van der Waals surface area contributed by atoms with Gasteiger partial charge in [-0.3, -0.25) is 9.78 Å². The normalized spacial score (nSPS) is 10.9. The molecule has 138 valence electrons. The molecule has 4 aromatic rings. The number of hydrogen-bond acceptors (Lipinski definition) is 2. The van der Waals surface area contributed by atoms with Gasteiger partial charge in [0.1, 0.15) is 0 Å². The van der Waals surface area contributed by atoms with Gasteiger partial charge in [-0.1, -0.05) is 48.0 Å². The second-order valence-corrected chi connectivity index (χ2v) is 7.24. The molecular formula is C24H18ClNO2. The summed E-state index contributed by atoms with van der Waals surface area (Å²) in [5, 5.41) is 12.2. The molecule has 4 heteroatoms. The summed E-state index contributed by atoms with van der Waals surface area (Å²) < 4.78 is 0. The van der Waals surface area contributed by atoms with E-state index >= 15 is 0 Å². The fraction of sp³-hybridized carbons (Fsp3) is 0.0833. The molecule has 0 spiro atoms. The zero-order valence-electron chi connectivity index (χ0n) is 15.3. The number of rotatable bonds is 4. The van der Waals surface area contributed by atoms with Crippen LogP contribution in [0.3, 0.4) is 0 Å². The molecule has 0 saturated carbocycles. The van der Waals surface area contributed by atoms with Crippen LogP contribution in [0.25, 0.3) is 33.0 Å². The SMILES string of the molecule is Cc1cc2cc(-c3cccnc3)ccc2c(-c2ccc(Cl)cc2)c1CC(=O)O. The van der Waals surface area contributed by atoms with Crippen molar-refractivity contribution in [3.05, 3.63) is 89.2 Å². The van der Waals surface area contributed by atoms with Gasteiger partial charge in [0.25, 0.3) is 0 Å². The van der Waals surface area contributed by atoms with Gasteiger partial charge in [-0.2, -0.15) is 0 Å². The van der Waals surface area contributed by atoms with E-state index in [1.807, 2.05) is 49.5 Å². The second-order valence-electron chi connectivity index (χ2n) is 6.80. The fourth-order valence-electron chi connectivity index (χ4n) is 3.63. The lowest BCUT2D eigenvalue weighted by molar-refractivity contribution is -0.136. The maximum absolute atomic E-state index is 11.5. The summed E-state index contributed by atoms with van der Waals surface area (Å²) in [6.45, 7) is 1.97. The van der Waals surface area contributed by atoms with Crippen molar-refractivity contribution in [3.8, 4) is 22.3 Å². The summed E-state index contributed by atoms with van der Waals surface area (Å²) in [6, 6.07) is 19.8. The van der Waals surface area contributed by atoms with E-state index in [-0.39, 0.29) is 6.42 Å². The van der Waals surface area contributed by atoms with Crippen LogP contribution in [0.2, 0.25) is 5.02 Å². The zero-order valence-corrected chi connectivity index (χ0v) is 16.1. The Bertz CT molecular complexity index is 1170. The average Bonchev–Trinajstić information content (AvgIpc) is 2.69. The van der Waals surface area contributed by atoms with Crippen molar-refractivity contribution in [1.82, 2.24) is 4.98 Å². The van der Waals surface area contributed by atoms with Crippen LogP contribution in [-0.2, 0) is 11.2 Å². The van der Waals surface area contributed by atoms with Gasteiger partial charge in [0.2, 0.25) is 0 Å². The first-order chi connectivity index (χ1) is 13.5. The Kier molecular flexibility index (Phi) is 4.84. The zero-order chi connectivity index (χ0) is 19.7. The minimum absolute atomic E-state index is 0.0237. The van der Waals surface area contributed by atoms with Crippen LogP contribution in [0, 0.1) is 6.92 Å². The van der Waals surface area contributed by atoms with Crippen molar-refractivity contribution in [3.63, 3.8) is 0 Å². The van der Waals surface area contributed by atoms with E-state index in [4.69, 9.17) is 11.6 Å². The number of carboxylic acid groups (broad SMARTS) is 1. The van der Waals surface area contributed by atoms with Gasteiger partial charge in [0, 0.05) is 23.0 Å². The van der Waals surface area contributed by atoms with E-state index in [1.54, 1.807) is 6.20 Å². The molecule has 0 aliphatic heterocycles. The third-order valence-corrected chi connectivity index (χ3v) is 5.18. The van der Waals surface area contributed by atoms with E-state index in [0.717, 1.165) is 44.2 Å². The molecule has 3 nitrogen and oxygen atoms in total. The maximum atomic E-state index is 11.5. The number of fused-ring (bicyclic) bond motifs is 1. The highest BCUT2D eigenvalue weighted by molar-refractivity contribution is 6.30. The molecule has 1 N–H and O–H groups in total. The molecule has 0 bridgehead atoms. The van der Waals surface area contributed by atoms with Crippen LogP contribution in [-0.4, -0.2) is 16.1 Å². The summed E-state index contributed by atoms with van der Waals surface area (Å²) in [4.78, 5) is 15.7. The molecule has 28 heavy (non-hydrogen) atoms. The molecule has 0 fully saturated rings. The van der Waals surface area contributed by atoms with Crippen molar-refractivity contribution in [1.29, 1.82) is 0 Å². The molecule has 1 aromatic heterocycles. The first kappa shape index (κ1) is 18.2. The van der Waals surface area contributed by atoms with E-state index in [0.29, 0.717) is 5.02 Å². The number of aryl methyl sites for hydroxylation is 1. The summed E-state index contributed by atoms with van der Waals surface area (Å²) in [5.41, 5.74) is 5.83. The summed E-state index contributed by atoms with van der Waals surface area (Å²) in [7, 11) is 0. The van der Waals surface area contributed by atoms with Crippen LogP contribution >= 0.6 is 11.6 Å². The van der Waals surface area contributed by atoms with Crippen LogP contribution < -0.4 is 0 Å². The van der Waals surface area contributed by atoms with Gasteiger partial charge < -0.3 is 5.11 Å². The van der Waals surface area contributed by atoms with Gasteiger partial charge in [0.05, 0.1) is 6.42 Å². The lowest BCUT2D eigenvalue weighted by Crippen LogP contribution is -2.05. The van der Waals surface area contributed by atoms with Gasteiger partial charge in [0.15, 0.2) is 0 Å². The lowest BCUT2D eigenvalue weighted by Gasteiger charge is -2.17. The predicted octanol–water partition coefficient (Wildman–Crippen LogP) is 6.16. The smallest absolute Gasteiger partial charge is 0.307 e.